The Hall–Kier alpha value is -2.60. The average molecular weight is 421 g/mol. The van der Waals surface area contributed by atoms with E-state index in [0.29, 0.717) is 31.8 Å². The van der Waals surface area contributed by atoms with E-state index in [4.69, 9.17) is 6.42 Å². The third-order valence-electron chi connectivity index (χ3n) is 5.83. The molecule has 0 saturated carbocycles. The monoisotopic (exact) mass is 420 g/mol. The predicted octanol–water partition coefficient (Wildman–Crippen LogP) is -0.429. The number of hydrogen-bond donors (Lipinski definition) is 4. The standard InChI is InChI=1S/C21H32N4O5/c1-2-9-23-20(28)17(21(29)30)13-24-19(27)16-4-3-12-25(14-16)18(26)6-5-15-7-10-22-11-8-15/h1,15-17,22H,3-14H2,(H,23,28)(H,24,27)(H,29,30)/t16-,17+/m1/s1. The van der Waals surface area contributed by atoms with Crippen LogP contribution in [0.15, 0.2) is 0 Å². The molecule has 2 aliphatic heterocycles. The van der Waals surface area contributed by atoms with Gasteiger partial charge in [0.15, 0.2) is 5.92 Å². The van der Waals surface area contributed by atoms with E-state index in [1.165, 1.54) is 0 Å². The summed E-state index contributed by atoms with van der Waals surface area (Å²) < 4.78 is 0. The second kappa shape index (κ2) is 12.2. The number of hydrogen-bond acceptors (Lipinski definition) is 5. The van der Waals surface area contributed by atoms with Crippen molar-refractivity contribution < 1.29 is 24.3 Å². The largest absolute Gasteiger partial charge is 0.481 e. The number of terminal acetylenes is 1. The van der Waals surface area contributed by atoms with Crippen molar-refractivity contribution in [1.29, 1.82) is 0 Å². The van der Waals surface area contributed by atoms with Crippen LogP contribution in [0.2, 0.25) is 0 Å². The highest BCUT2D eigenvalue weighted by atomic mass is 16.4. The topological polar surface area (TPSA) is 128 Å². The molecule has 0 spiro atoms. The maximum absolute atomic E-state index is 12.6. The van der Waals surface area contributed by atoms with E-state index in [1.54, 1.807) is 4.90 Å². The van der Waals surface area contributed by atoms with Crippen molar-refractivity contribution >= 4 is 23.7 Å². The number of nitrogens with zero attached hydrogens (tertiary/aromatic N) is 1. The van der Waals surface area contributed by atoms with Gasteiger partial charge in [-0.25, -0.2) is 0 Å². The number of carbonyl (C=O) groups excluding carboxylic acids is 3. The molecule has 2 atom stereocenters. The molecule has 0 aliphatic carbocycles. The van der Waals surface area contributed by atoms with Gasteiger partial charge >= 0.3 is 5.97 Å². The van der Waals surface area contributed by atoms with Gasteiger partial charge in [0.25, 0.3) is 0 Å². The maximum atomic E-state index is 12.6. The molecule has 2 heterocycles. The number of nitrogens with one attached hydrogen (secondary N) is 3. The number of likely N-dealkylation sites (tertiary alicyclic amines) is 1. The smallest absolute Gasteiger partial charge is 0.317 e. The SMILES string of the molecule is C#CCNC(=O)[C@H](CNC(=O)[C@@H]1CCCN(C(=O)CCC2CCNCC2)C1)C(=O)O. The normalized spacial score (nSPS) is 20.6. The van der Waals surface area contributed by atoms with Gasteiger partial charge in [0.05, 0.1) is 12.5 Å². The lowest BCUT2D eigenvalue weighted by Gasteiger charge is -2.33. The van der Waals surface area contributed by atoms with Gasteiger partial charge in [-0.3, -0.25) is 19.2 Å². The Bertz CT molecular complexity index is 669. The Morgan fingerprint density at radius 3 is 2.57 bits per heavy atom. The van der Waals surface area contributed by atoms with Gasteiger partial charge in [0.2, 0.25) is 17.7 Å². The van der Waals surface area contributed by atoms with E-state index < -0.39 is 23.7 Å². The predicted molar refractivity (Wildman–Crippen MR) is 110 cm³/mol. The van der Waals surface area contributed by atoms with Crippen molar-refractivity contribution in [3.63, 3.8) is 0 Å². The number of carbonyl (C=O) groups is 4. The lowest BCUT2D eigenvalue weighted by molar-refractivity contribution is -0.146. The number of carboxylic acid groups (broad SMARTS) is 1. The first-order chi connectivity index (χ1) is 14.4. The average Bonchev–Trinajstić information content (AvgIpc) is 2.76. The Kier molecular flexibility index (Phi) is 9.61. The summed E-state index contributed by atoms with van der Waals surface area (Å²) in [5.74, 6) is -1.35. The number of amides is 3. The van der Waals surface area contributed by atoms with Crippen molar-refractivity contribution in [2.24, 2.45) is 17.8 Å². The second-order valence-electron chi connectivity index (χ2n) is 7.97. The number of carboxylic acids is 1. The molecule has 30 heavy (non-hydrogen) atoms. The number of piperidine rings is 2. The molecule has 0 unspecified atom stereocenters. The molecule has 2 rings (SSSR count). The fraction of sp³-hybridized carbons (Fsp3) is 0.714. The van der Waals surface area contributed by atoms with E-state index in [-0.39, 0.29) is 24.9 Å². The molecular weight excluding hydrogens is 388 g/mol. The molecular formula is C21H32N4O5. The second-order valence-corrected chi connectivity index (χ2v) is 7.97. The summed E-state index contributed by atoms with van der Waals surface area (Å²) in [6.07, 6.45) is 9.97. The summed E-state index contributed by atoms with van der Waals surface area (Å²) in [7, 11) is 0. The summed E-state index contributed by atoms with van der Waals surface area (Å²) >= 11 is 0. The van der Waals surface area contributed by atoms with E-state index in [2.05, 4.69) is 21.9 Å². The molecule has 2 saturated heterocycles. The van der Waals surface area contributed by atoms with Gasteiger partial charge < -0.3 is 26.0 Å². The molecule has 4 N–H and O–H groups in total. The summed E-state index contributed by atoms with van der Waals surface area (Å²) in [4.78, 5) is 50.0. The van der Waals surface area contributed by atoms with Crippen LogP contribution in [0.1, 0.15) is 38.5 Å². The minimum absolute atomic E-state index is 0.0723. The zero-order valence-corrected chi connectivity index (χ0v) is 17.3. The van der Waals surface area contributed by atoms with Crippen molar-refractivity contribution in [2.75, 3.05) is 39.3 Å². The molecule has 3 amide bonds. The van der Waals surface area contributed by atoms with Crippen LogP contribution in [0.25, 0.3) is 0 Å². The maximum Gasteiger partial charge on any atom is 0.317 e. The minimum Gasteiger partial charge on any atom is -0.481 e. The summed E-state index contributed by atoms with van der Waals surface area (Å²) in [5.41, 5.74) is 0. The van der Waals surface area contributed by atoms with Crippen LogP contribution in [-0.4, -0.2) is 73.0 Å². The molecule has 0 aromatic rings. The van der Waals surface area contributed by atoms with E-state index in [0.717, 1.165) is 38.8 Å². The highest BCUT2D eigenvalue weighted by Crippen LogP contribution is 2.21. The highest BCUT2D eigenvalue weighted by Gasteiger charge is 2.31. The number of rotatable bonds is 9. The Labute approximate surface area is 177 Å². The lowest BCUT2D eigenvalue weighted by Crippen LogP contribution is -2.48. The quantitative estimate of drug-likeness (QED) is 0.296. The first-order valence-electron chi connectivity index (χ1n) is 10.6. The van der Waals surface area contributed by atoms with Crippen LogP contribution in [-0.2, 0) is 19.2 Å². The van der Waals surface area contributed by atoms with Crippen LogP contribution in [0.5, 0.6) is 0 Å². The van der Waals surface area contributed by atoms with Crippen LogP contribution in [0.3, 0.4) is 0 Å². The first kappa shape index (κ1) is 23.7. The van der Waals surface area contributed by atoms with E-state index in [9.17, 15) is 24.3 Å². The van der Waals surface area contributed by atoms with Crippen molar-refractivity contribution in [3.8, 4) is 12.3 Å². The molecule has 2 aliphatic rings. The molecule has 0 aromatic carbocycles. The van der Waals surface area contributed by atoms with Gasteiger partial charge in [0.1, 0.15) is 0 Å². The van der Waals surface area contributed by atoms with E-state index >= 15 is 0 Å². The van der Waals surface area contributed by atoms with Gasteiger partial charge in [0, 0.05) is 26.1 Å². The molecule has 9 heteroatoms. The lowest BCUT2D eigenvalue weighted by atomic mass is 9.92. The minimum atomic E-state index is -1.41. The first-order valence-corrected chi connectivity index (χ1v) is 10.6. The van der Waals surface area contributed by atoms with Crippen LogP contribution < -0.4 is 16.0 Å². The molecule has 0 bridgehead atoms. The van der Waals surface area contributed by atoms with Crippen LogP contribution >= 0.6 is 0 Å². The fourth-order valence-corrected chi connectivity index (χ4v) is 3.97. The van der Waals surface area contributed by atoms with Crippen molar-refractivity contribution in [3.05, 3.63) is 0 Å². The zero-order valence-electron chi connectivity index (χ0n) is 17.3. The summed E-state index contributed by atoms with van der Waals surface area (Å²) in [5, 5.41) is 17.4. The van der Waals surface area contributed by atoms with Gasteiger partial charge in [-0.2, -0.15) is 0 Å². The molecule has 0 aromatic heterocycles. The molecule has 0 radical (unpaired) electrons. The molecule has 2 fully saturated rings. The fourth-order valence-electron chi connectivity index (χ4n) is 3.97. The van der Waals surface area contributed by atoms with E-state index in [1.807, 2.05) is 0 Å². The van der Waals surface area contributed by atoms with Crippen molar-refractivity contribution in [2.45, 2.75) is 38.5 Å². The zero-order chi connectivity index (χ0) is 21.9. The Balaban J connectivity index is 1.79. The van der Waals surface area contributed by atoms with Gasteiger partial charge in [-0.1, -0.05) is 5.92 Å². The third-order valence-corrected chi connectivity index (χ3v) is 5.83. The third kappa shape index (κ3) is 7.34. The van der Waals surface area contributed by atoms with Crippen molar-refractivity contribution in [1.82, 2.24) is 20.9 Å². The molecule has 166 valence electrons. The molecule has 9 nitrogen and oxygen atoms in total. The van der Waals surface area contributed by atoms with Crippen LogP contribution in [0, 0.1) is 30.1 Å². The Morgan fingerprint density at radius 2 is 1.90 bits per heavy atom. The summed E-state index contributed by atoms with van der Waals surface area (Å²) in [6, 6.07) is 0. The summed E-state index contributed by atoms with van der Waals surface area (Å²) in [6.45, 7) is 2.59. The van der Waals surface area contributed by atoms with Gasteiger partial charge in [-0.05, 0) is 51.1 Å². The highest BCUT2D eigenvalue weighted by molar-refractivity contribution is 5.97. The van der Waals surface area contributed by atoms with Crippen LogP contribution in [0.4, 0.5) is 0 Å². The van der Waals surface area contributed by atoms with Gasteiger partial charge in [-0.15, -0.1) is 6.42 Å². The Morgan fingerprint density at radius 1 is 1.17 bits per heavy atom. The number of aliphatic carboxylic acids is 1.